The minimum Gasteiger partial charge on any atom is -0.387 e. The van der Waals surface area contributed by atoms with Gasteiger partial charge in [0.2, 0.25) is 0 Å². The van der Waals surface area contributed by atoms with E-state index in [4.69, 9.17) is 0 Å². The molecule has 96 valence electrons. The van der Waals surface area contributed by atoms with Crippen LogP contribution in [-0.2, 0) is 13.5 Å². The maximum atomic E-state index is 10.5. The van der Waals surface area contributed by atoms with E-state index < -0.39 is 0 Å². The van der Waals surface area contributed by atoms with E-state index in [1.807, 2.05) is 11.7 Å². The largest absolute Gasteiger partial charge is 0.387 e. The number of aliphatic hydroxyl groups is 1. The van der Waals surface area contributed by atoms with Crippen LogP contribution < -0.4 is 0 Å². The third-order valence-corrected chi connectivity index (χ3v) is 4.06. The molecule has 0 saturated heterocycles. The molecule has 0 radical (unpaired) electrons. The SMILES string of the molecule is CCc1cc(C(O)C2CCCC(C)C2)n(C)n1. The fourth-order valence-electron chi connectivity index (χ4n) is 3.00. The molecule has 3 atom stereocenters. The summed E-state index contributed by atoms with van der Waals surface area (Å²) >= 11 is 0. The summed E-state index contributed by atoms with van der Waals surface area (Å²) in [4.78, 5) is 0. The van der Waals surface area contributed by atoms with Crippen molar-refractivity contribution in [2.75, 3.05) is 0 Å². The van der Waals surface area contributed by atoms with Crippen molar-refractivity contribution in [1.82, 2.24) is 9.78 Å². The highest BCUT2D eigenvalue weighted by molar-refractivity contribution is 5.13. The third-order valence-electron chi connectivity index (χ3n) is 4.06. The monoisotopic (exact) mass is 236 g/mol. The number of rotatable bonds is 3. The van der Waals surface area contributed by atoms with E-state index in [-0.39, 0.29) is 6.10 Å². The van der Waals surface area contributed by atoms with Crippen molar-refractivity contribution in [2.45, 2.75) is 52.1 Å². The second-order valence-corrected chi connectivity index (χ2v) is 5.51. The van der Waals surface area contributed by atoms with E-state index in [2.05, 4.69) is 25.0 Å². The molecule has 1 aliphatic rings. The molecule has 1 heterocycles. The second-order valence-electron chi connectivity index (χ2n) is 5.51. The topological polar surface area (TPSA) is 38.0 Å². The van der Waals surface area contributed by atoms with Gasteiger partial charge in [0.15, 0.2) is 0 Å². The molecule has 1 aliphatic carbocycles. The average molecular weight is 236 g/mol. The highest BCUT2D eigenvalue weighted by Gasteiger charge is 2.28. The first-order valence-corrected chi connectivity index (χ1v) is 6.82. The number of aryl methyl sites for hydroxylation is 2. The Morgan fingerprint density at radius 1 is 1.53 bits per heavy atom. The number of hydrogen-bond acceptors (Lipinski definition) is 2. The van der Waals surface area contributed by atoms with Crippen LogP contribution in [-0.4, -0.2) is 14.9 Å². The number of aromatic nitrogens is 2. The minimum absolute atomic E-state index is 0.337. The predicted octanol–water partition coefficient (Wildman–Crippen LogP) is 2.84. The van der Waals surface area contributed by atoms with Crippen molar-refractivity contribution in [3.05, 3.63) is 17.5 Å². The summed E-state index contributed by atoms with van der Waals surface area (Å²) < 4.78 is 1.85. The maximum absolute atomic E-state index is 10.5. The summed E-state index contributed by atoms with van der Waals surface area (Å²) in [5, 5.41) is 14.9. The molecule has 3 nitrogen and oxygen atoms in total. The number of aliphatic hydroxyl groups excluding tert-OH is 1. The van der Waals surface area contributed by atoms with Crippen LogP contribution in [0.5, 0.6) is 0 Å². The number of hydrogen-bond donors (Lipinski definition) is 1. The van der Waals surface area contributed by atoms with Crippen molar-refractivity contribution in [1.29, 1.82) is 0 Å². The van der Waals surface area contributed by atoms with Gasteiger partial charge in [0, 0.05) is 7.05 Å². The van der Waals surface area contributed by atoms with Crippen LogP contribution in [0.4, 0.5) is 0 Å². The van der Waals surface area contributed by atoms with Crippen LogP contribution in [0.3, 0.4) is 0 Å². The highest BCUT2D eigenvalue weighted by Crippen LogP contribution is 2.37. The van der Waals surface area contributed by atoms with Crippen LogP contribution in [0.2, 0.25) is 0 Å². The molecule has 0 spiro atoms. The van der Waals surface area contributed by atoms with Gasteiger partial charge in [-0.25, -0.2) is 0 Å². The van der Waals surface area contributed by atoms with E-state index in [1.54, 1.807) is 0 Å². The van der Waals surface area contributed by atoms with Gasteiger partial charge in [0.25, 0.3) is 0 Å². The summed E-state index contributed by atoms with van der Waals surface area (Å²) in [5.74, 6) is 1.17. The molecule has 1 aromatic heterocycles. The fraction of sp³-hybridized carbons (Fsp3) is 0.786. The summed E-state index contributed by atoms with van der Waals surface area (Å²) in [7, 11) is 1.93. The van der Waals surface area contributed by atoms with Crippen LogP contribution in [0.15, 0.2) is 6.07 Å². The predicted molar refractivity (Wildman–Crippen MR) is 68.7 cm³/mol. The Labute approximate surface area is 104 Å². The van der Waals surface area contributed by atoms with Gasteiger partial charge in [0.05, 0.1) is 17.5 Å². The van der Waals surface area contributed by atoms with Crippen molar-refractivity contribution < 1.29 is 5.11 Å². The zero-order valence-electron chi connectivity index (χ0n) is 11.2. The first-order valence-electron chi connectivity index (χ1n) is 6.82. The molecule has 1 aromatic rings. The van der Waals surface area contributed by atoms with E-state index >= 15 is 0 Å². The van der Waals surface area contributed by atoms with Crippen molar-refractivity contribution in [3.8, 4) is 0 Å². The molecule has 0 aromatic carbocycles. The maximum Gasteiger partial charge on any atom is 0.0984 e. The molecule has 1 fully saturated rings. The van der Waals surface area contributed by atoms with Gasteiger partial charge in [-0.2, -0.15) is 5.10 Å². The Hall–Kier alpha value is -0.830. The van der Waals surface area contributed by atoms with Gasteiger partial charge < -0.3 is 5.11 Å². The van der Waals surface area contributed by atoms with Crippen LogP contribution in [0, 0.1) is 11.8 Å². The Morgan fingerprint density at radius 2 is 2.29 bits per heavy atom. The molecular formula is C14H24N2O. The molecule has 0 amide bonds. The molecule has 1 N–H and O–H groups in total. The van der Waals surface area contributed by atoms with Gasteiger partial charge in [0.1, 0.15) is 0 Å². The molecule has 0 bridgehead atoms. The van der Waals surface area contributed by atoms with Crippen LogP contribution in [0.25, 0.3) is 0 Å². The van der Waals surface area contributed by atoms with E-state index in [0.29, 0.717) is 5.92 Å². The van der Waals surface area contributed by atoms with Crippen LogP contribution in [0.1, 0.15) is 57.0 Å². The smallest absolute Gasteiger partial charge is 0.0984 e. The standard InChI is InChI=1S/C14H24N2O/c1-4-12-9-13(16(3)15-12)14(17)11-7-5-6-10(2)8-11/h9-11,14,17H,4-8H2,1-3H3. The fourth-order valence-corrected chi connectivity index (χ4v) is 3.00. The molecular weight excluding hydrogens is 212 g/mol. The molecule has 1 saturated carbocycles. The zero-order valence-corrected chi connectivity index (χ0v) is 11.2. The summed E-state index contributed by atoms with van der Waals surface area (Å²) in [6.45, 7) is 4.39. The van der Waals surface area contributed by atoms with E-state index in [1.165, 1.54) is 12.8 Å². The zero-order chi connectivity index (χ0) is 12.4. The van der Waals surface area contributed by atoms with E-state index in [0.717, 1.165) is 36.6 Å². The molecule has 3 heteroatoms. The lowest BCUT2D eigenvalue weighted by atomic mass is 9.79. The molecule has 3 unspecified atom stereocenters. The Bertz CT molecular complexity index is 372. The first kappa shape index (κ1) is 12.6. The summed E-state index contributed by atoms with van der Waals surface area (Å²) in [5.41, 5.74) is 2.06. The average Bonchev–Trinajstić information content (AvgIpc) is 2.69. The van der Waals surface area contributed by atoms with E-state index in [9.17, 15) is 5.11 Å². The van der Waals surface area contributed by atoms with Crippen LogP contribution >= 0.6 is 0 Å². The van der Waals surface area contributed by atoms with Gasteiger partial charge >= 0.3 is 0 Å². The minimum atomic E-state index is -0.337. The summed E-state index contributed by atoms with van der Waals surface area (Å²) in [6, 6.07) is 2.06. The molecule has 0 aliphatic heterocycles. The van der Waals surface area contributed by atoms with Gasteiger partial charge in [-0.05, 0) is 37.2 Å². The number of nitrogens with zero attached hydrogens (tertiary/aromatic N) is 2. The lowest BCUT2D eigenvalue weighted by Crippen LogP contribution is -2.21. The Balaban J connectivity index is 2.12. The Morgan fingerprint density at radius 3 is 2.88 bits per heavy atom. The van der Waals surface area contributed by atoms with Crippen molar-refractivity contribution in [2.24, 2.45) is 18.9 Å². The second kappa shape index (κ2) is 5.21. The quantitative estimate of drug-likeness (QED) is 0.876. The van der Waals surface area contributed by atoms with Gasteiger partial charge in [-0.1, -0.05) is 26.7 Å². The first-order chi connectivity index (χ1) is 8.11. The summed E-state index contributed by atoms with van der Waals surface area (Å²) in [6.07, 6.45) is 5.46. The lowest BCUT2D eigenvalue weighted by Gasteiger charge is -2.30. The molecule has 2 rings (SSSR count). The van der Waals surface area contributed by atoms with Gasteiger partial charge in [-0.15, -0.1) is 0 Å². The Kier molecular flexibility index (Phi) is 3.87. The van der Waals surface area contributed by atoms with Gasteiger partial charge in [-0.3, -0.25) is 4.68 Å². The van der Waals surface area contributed by atoms with Crippen molar-refractivity contribution in [3.63, 3.8) is 0 Å². The molecule has 17 heavy (non-hydrogen) atoms. The highest BCUT2D eigenvalue weighted by atomic mass is 16.3. The lowest BCUT2D eigenvalue weighted by molar-refractivity contribution is 0.0649. The van der Waals surface area contributed by atoms with Crippen molar-refractivity contribution >= 4 is 0 Å². The normalized spacial score (nSPS) is 27.1. The third kappa shape index (κ3) is 2.71.